The Bertz CT molecular complexity index is 2640. The van der Waals surface area contributed by atoms with Crippen LogP contribution in [0.4, 0.5) is 11.4 Å². The molecule has 5 N–H and O–H groups in total. The summed E-state index contributed by atoms with van der Waals surface area (Å²) in [4.78, 5) is 18.6. The van der Waals surface area contributed by atoms with Crippen molar-refractivity contribution in [1.29, 1.82) is 0 Å². The third-order valence-electron chi connectivity index (χ3n) is 13.0. The minimum Gasteiger partial charge on any atom is -0.394 e. The van der Waals surface area contributed by atoms with Crippen molar-refractivity contribution in [3.8, 4) is 33.9 Å². The maximum Gasteiger partial charge on any atom is 0.180 e. The lowest BCUT2D eigenvalue weighted by Gasteiger charge is -2.39. The number of hydrogen-bond acceptors (Lipinski definition) is 12. The van der Waals surface area contributed by atoms with E-state index in [9.17, 15) is 20.4 Å². The van der Waals surface area contributed by atoms with E-state index in [4.69, 9.17) is 9.72 Å². The number of aromatic nitrogens is 6. The molecular formula is C47H54N10O5. The molecule has 0 radical (unpaired) electrons. The quantitative estimate of drug-likeness (QED) is 0.134. The zero-order valence-electron chi connectivity index (χ0n) is 35.1. The number of fused-ring (bicyclic) bond motifs is 3. The number of imidazole rings is 1. The van der Waals surface area contributed by atoms with Gasteiger partial charge in [0.05, 0.1) is 29.9 Å². The molecule has 4 aromatic carbocycles. The van der Waals surface area contributed by atoms with Crippen molar-refractivity contribution >= 4 is 33.2 Å². The molecule has 0 unspecified atom stereocenters. The minimum atomic E-state index is -1.48. The number of aliphatic hydroxyl groups is 4. The Labute approximate surface area is 360 Å². The van der Waals surface area contributed by atoms with E-state index in [-0.39, 0.29) is 0 Å². The topological polar surface area (TPSA) is 167 Å². The lowest BCUT2D eigenvalue weighted by molar-refractivity contribution is -0.254. The van der Waals surface area contributed by atoms with Crippen molar-refractivity contribution in [1.82, 2.24) is 39.3 Å². The molecule has 322 valence electrons. The molecule has 15 heteroatoms. The molecule has 3 fully saturated rings. The first-order chi connectivity index (χ1) is 30.3. The molecule has 15 nitrogen and oxygen atoms in total. The Morgan fingerprint density at radius 1 is 0.710 bits per heavy atom. The monoisotopic (exact) mass is 838 g/mol. The van der Waals surface area contributed by atoms with Crippen LogP contribution in [-0.2, 0) is 17.8 Å². The Hall–Kier alpha value is -5.65. The fraction of sp³-hybridized carbons (Fsp3) is 0.383. The molecule has 3 aromatic heterocycles. The molecule has 0 aliphatic carbocycles. The Morgan fingerprint density at radius 2 is 1.35 bits per heavy atom. The second-order valence-electron chi connectivity index (χ2n) is 16.9. The van der Waals surface area contributed by atoms with Crippen LogP contribution < -0.4 is 9.80 Å². The second kappa shape index (κ2) is 16.9. The van der Waals surface area contributed by atoms with Gasteiger partial charge >= 0.3 is 0 Å². The summed E-state index contributed by atoms with van der Waals surface area (Å²) in [5, 5.41) is 51.4. The number of benzene rings is 4. The highest BCUT2D eigenvalue weighted by Gasteiger charge is 2.44. The zero-order chi connectivity index (χ0) is 42.5. The van der Waals surface area contributed by atoms with E-state index in [1.54, 1.807) is 6.20 Å². The van der Waals surface area contributed by atoms with Gasteiger partial charge in [0.15, 0.2) is 6.23 Å². The number of ether oxygens (including phenoxy) is 1. The number of aryl methyl sites for hydroxylation is 1. The third kappa shape index (κ3) is 7.53. The normalized spacial score (nSPS) is 22.9. The molecule has 3 aliphatic rings. The molecule has 6 heterocycles. The molecule has 0 bridgehead atoms. The minimum absolute atomic E-state index is 0.503. The van der Waals surface area contributed by atoms with Crippen molar-refractivity contribution in [2.45, 2.75) is 50.7 Å². The maximum absolute atomic E-state index is 10.5. The van der Waals surface area contributed by atoms with Crippen molar-refractivity contribution < 1.29 is 25.2 Å². The Morgan fingerprint density at radius 3 is 2.05 bits per heavy atom. The van der Waals surface area contributed by atoms with E-state index >= 15 is 0 Å². The Kier molecular flexibility index (Phi) is 11.0. The first-order valence-corrected chi connectivity index (χ1v) is 21.7. The highest BCUT2D eigenvalue weighted by Crippen LogP contribution is 2.38. The van der Waals surface area contributed by atoms with Crippen LogP contribution in [0.3, 0.4) is 0 Å². The van der Waals surface area contributed by atoms with Crippen molar-refractivity contribution in [2.24, 2.45) is 0 Å². The van der Waals surface area contributed by atoms with E-state index in [1.807, 2.05) is 0 Å². The number of aromatic amines is 1. The predicted octanol–water partition coefficient (Wildman–Crippen LogP) is 4.18. The van der Waals surface area contributed by atoms with Gasteiger partial charge in [-0.1, -0.05) is 47.7 Å². The highest BCUT2D eigenvalue weighted by molar-refractivity contribution is 6.09. The van der Waals surface area contributed by atoms with Gasteiger partial charge in [-0.25, -0.2) is 9.67 Å². The summed E-state index contributed by atoms with van der Waals surface area (Å²) in [6.07, 6.45) is -4.75. The number of para-hydroxylation sites is 1. The smallest absolute Gasteiger partial charge is 0.180 e. The molecule has 5 atom stereocenters. The summed E-state index contributed by atoms with van der Waals surface area (Å²) in [5.41, 5.74) is 10.6. The number of likely N-dealkylation sites (N-methyl/N-ethyl adjacent to an activating group) is 1. The van der Waals surface area contributed by atoms with Crippen molar-refractivity contribution in [3.63, 3.8) is 0 Å². The van der Waals surface area contributed by atoms with Crippen LogP contribution in [0.5, 0.6) is 0 Å². The predicted molar refractivity (Wildman–Crippen MR) is 240 cm³/mol. The molecule has 7 aromatic rings. The summed E-state index contributed by atoms with van der Waals surface area (Å²) >= 11 is 0. The average Bonchev–Trinajstić information content (AvgIpc) is 4.05. The number of hydrogen-bond donors (Lipinski definition) is 5. The SMILES string of the molecule is CCn1c2ccccc2c2cc(-c3nc(-c4ccc(N5CCN(Cc6cn([C@@H]7O[C@H](CO)[C@H](O)[C@H](O)[C@H]7O)nn6)CC5)cc4)c(-c4ccc(N5CCN(C)CC5)cc4)[nH]3)ccc21. The van der Waals surface area contributed by atoms with Crippen LogP contribution in [-0.4, -0.2) is 150 Å². The third-order valence-corrected chi connectivity index (χ3v) is 13.0. The molecule has 0 amide bonds. The lowest BCUT2D eigenvalue weighted by Crippen LogP contribution is -2.56. The standard InChI is InChI=1S/C47H54N10O5/c1-3-56-38-7-5-4-6-36(38)37-26-32(12-17-39(37)56)46-48-41(30-8-13-34(14-9-30)54-22-18-52(2)19-23-54)42(49-46)31-10-15-35(16-11-31)55-24-20-53(21-25-55)27-33-28-57(51-50-33)47-45(61)44(60)43(59)40(29-58)62-47/h4-17,26,28,40,43-45,47,58-61H,3,18-25,27,29H2,1-2H3,(H,48,49)/t40-,43+,44+,45-,47-/m1/s1. The van der Waals surface area contributed by atoms with Gasteiger partial charge < -0.3 is 49.4 Å². The average molecular weight is 839 g/mol. The van der Waals surface area contributed by atoms with Crippen LogP contribution in [0.15, 0.2) is 97.2 Å². The van der Waals surface area contributed by atoms with Crippen molar-refractivity contribution in [3.05, 3.63) is 103 Å². The summed E-state index contributed by atoms with van der Waals surface area (Å²) < 4.78 is 9.37. The van der Waals surface area contributed by atoms with Crippen LogP contribution in [0, 0.1) is 0 Å². The molecule has 10 rings (SSSR count). The molecule has 0 saturated carbocycles. The number of nitrogens with zero attached hydrogens (tertiary/aromatic N) is 9. The van der Waals surface area contributed by atoms with Gasteiger partial charge in [0.2, 0.25) is 0 Å². The van der Waals surface area contributed by atoms with Gasteiger partial charge in [0.25, 0.3) is 0 Å². The zero-order valence-corrected chi connectivity index (χ0v) is 35.1. The molecule has 0 spiro atoms. The number of H-pyrrole nitrogens is 1. The van der Waals surface area contributed by atoms with Gasteiger partial charge in [0.1, 0.15) is 30.2 Å². The fourth-order valence-corrected chi connectivity index (χ4v) is 9.41. The van der Waals surface area contributed by atoms with E-state index in [1.165, 1.54) is 32.2 Å². The number of nitrogens with one attached hydrogen (secondary N) is 1. The number of rotatable bonds is 10. The first kappa shape index (κ1) is 40.4. The van der Waals surface area contributed by atoms with Gasteiger partial charge in [-0.2, -0.15) is 0 Å². The fourth-order valence-electron chi connectivity index (χ4n) is 9.41. The largest absolute Gasteiger partial charge is 0.394 e. The van der Waals surface area contributed by atoms with Gasteiger partial charge in [0, 0.05) is 115 Å². The summed E-state index contributed by atoms with van der Waals surface area (Å²) in [6.45, 7) is 10.6. The number of piperazine rings is 2. The highest BCUT2D eigenvalue weighted by atomic mass is 16.6. The van der Waals surface area contributed by atoms with Crippen LogP contribution in [0.25, 0.3) is 55.7 Å². The van der Waals surface area contributed by atoms with Gasteiger partial charge in [-0.3, -0.25) is 4.90 Å². The lowest BCUT2D eigenvalue weighted by atomic mass is 9.98. The van der Waals surface area contributed by atoms with E-state index in [0.29, 0.717) is 12.2 Å². The first-order valence-electron chi connectivity index (χ1n) is 21.7. The van der Waals surface area contributed by atoms with Crippen molar-refractivity contribution in [2.75, 3.05) is 75.8 Å². The Balaban J connectivity index is 0.876. The molecular weight excluding hydrogens is 785 g/mol. The maximum atomic E-state index is 10.5. The van der Waals surface area contributed by atoms with E-state index in [0.717, 1.165) is 98.5 Å². The van der Waals surface area contributed by atoms with E-state index in [2.05, 4.69) is 144 Å². The van der Waals surface area contributed by atoms with Gasteiger partial charge in [-0.05, 0) is 62.5 Å². The summed E-state index contributed by atoms with van der Waals surface area (Å²) in [5.74, 6) is 0.835. The van der Waals surface area contributed by atoms with Crippen LogP contribution in [0.1, 0.15) is 18.8 Å². The molecule has 3 saturated heterocycles. The van der Waals surface area contributed by atoms with Crippen LogP contribution in [0.2, 0.25) is 0 Å². The molecule has 3 aliphatic heterocycles. The summed E-state index contributed by atoms with van der Waals surface area (Å²) in [6, 6.07) is 33.0. The number of anilines is 2. The van der Waals surface area contributed by atoms with Gasteiger partial charge in [-0.15, -0.1) is 5.10 Å². The molecule has 62 heavy (non-hydrogen) atoms. The second-order valence-corrected chi connectivity index (χ2v) is 16.9. The van der Waals surface area contributed by atoms with E-state index < -0.39 is 37.3 Å². The van der Waals surface area contributed by atoms with Crippen LogP contribution >= 0.6 is 0 Å². The number of aliphatic hydroxyl groups excluding tert-OH is 4. The summed E-state index contributed by atoms with van der Waals surface area (Å²) in [7, 11) is 2.18.